The van der Waals surface area contributed by atoms with Gasteiger partial charge >= 0.3 is 0 Å². The lowest BCUT2D eigenvalue weighted by Crippen LogP contribution is -2.50. The largest absolute Gasteiger partial charge is 0.353 e. The fraction of sp³-hybridized carbons (Fsp3) is 0.520. The van der Waals surface area contributed by atoms with Gasteiger partial charge in [0.05, 0.1) is 5.92 Å². The Balaban J connectivity index is 1.38. The van der Waals surface area contributed by atoms with Gasteiger partial charge in [-0.2, -0.15) is 0 Å². The van der Waals surface area contributed by atoms with Crippen LogP contribution in [0.2, 0.25) is 0 Å². The van der Waals surface area contributed by atoms with Crippen LogP contribution < -0.4 is 5.32 Å². The third-order valence-corrected chi connectivity index (χ3v) is 6.71. The standard InChI is InChI=1S/C25H33N3O2/c1-18(2)27-15-12-21(13-16-27)26-24(29)20-9-6-14-28(17-20)25(30)23-11-5-8-19-7-3-4-10-22(19)23/h3-5,7-8,10-11,18,20-21H,6,9,12-17H2,1-2H3,(H,26,29). The van der Waals surface area contributed by atoms with Gasteiger partial charge in [0, 0.05) is 43.8 Å². The van der Waals surface area contributed by atoms with Crippen molar-refractivity contribution < 1.29 is 9.59 Å². The molecular weight excluding hydrogens is 374 g/mol. The molecule has 5 heteroatoms. The summed E-state index contributed by atoms with van der Waals surface area (Å²) in [6.07, 6.45) is 3.75. The van der Waals surface area contributed by atoms with Gasteiger partial charge in [-0.15, -0.1) is 0 Å². The summed E-state index contributed by atoms with van der Waals surface area (Å²) in [5.41, 5.74) is 0.732. The number of carbonyl (C=O) groups is 2. The van der Waals surface area contributed by atoms with Gasteiger partial charge in [-0.05, 0) is 56.4 Å². The molecule has 2 aromatic carbocycles. The average Bonchev–Trinajstić information content (AvgIpc) is 2.78. The lowest BCUT2D eigenvalue weighted by atomic mass is 9.94. The van der Waals surface area contributed by atoms with Crippen LogP contribution >= 0.6 is 0 Å². The summed E-state index contributed by atoms with van der Waals surface area (Å²) in [4.78, 5) is 30.5. The van der Waals surface area contributed by atoms with Crippen LogP contribution in [0.4, 0.5) is 0 Å². The molecule has 2 aliphatic rings. The van der Waals surface area contributed by atoms with E-state index in [0.29, 0.717) is 12.6 Å². The molecule has 0 saturated carbocycles. The second kappa shape index (κ2) is 9.17. The average molecular weight is 408 g/mol. The van der Waals surface area contributed by atoms with Gasteiger partial charge in [-0.25, -0.2) is 0 Å². The van der Waals surface area contributed by atoms with Gasteiger partial charge in [-0.3, -0.25) is 9.59 Å². The first-order valence-corrected chi connectivity index (χ1v) is 11.3. The van der Waals surface area contributed by atoms with E-state index in [4.69, 9.17) is 0 Å². The number of nitrogens with one attached hydrogen (secondary N) is 1. The number of likely N-dealkylation sites (tertiary alicyclic amines) is 2. The lowest BCUT2D eigenvalue weighted by molar-refractivity contribution is -0.127. The predicted molar refractivity (Wildman–Crippen MR) is 120 cm³/mol. The molecule has 2 amide bonds. The van der Waals surface area contributed by atoms with Crippen LogP contribution in [-0.2, 0) is 4.79 Å². The number of fused-ring (bicyclic) bond motifs is 1. The van der Waals surface area contributed by atoms with E-state index in [1.165, 1.54) is 0 Å². The number of benzene rings is 2. The van der Waals surface area contributed by atoms with Crippen LogP contribution in [0.1, 0.15) is 49.9 Å². The van der Waals surface area contributed by atoms with Gasteiger partial charge in [0.1, 0.15) is 0 Å². The molecule has 0 spiro atoms. The topological polar surface area (TPSA) is 52.7 Å². The molecule has 0 aromatic heterocycles. The molecule has 2 fully saturated rings. The van der Waals surface area contributed by atoms with E-state index in [2.05, 4.69) is 24.1 Å². The van der Waals surface area contributed by atoms with E-state index in [0.717, 1.165) is 61.7 Å². The van der Waals surface area contributed by atoms with Gasteiger partial charge in [0.25, 0.3) is 5.91 Å². The number of hydrogen-bond acceptors (Lipinski definition) is 3. The maximum Gasteiger partial charge on any atom is 0.254 e. The molecule has 4 rings (SSSR count). The summed E-state index contributed by atoms with van der Waals surface area (Å²) in [6, 6.07) is 14.7. The Morgan fingerprint density at radius 3 is 2.47 bits per heavy atom. The summed E-state index contributed by atoms with van der Waals surface area (Å²) >= 11 is 0. The Morgan fingerprint density at radius 1 is 0.967 bits per heavy atom. The predicted octanol–water partition coefficient (Wildman–Crippen LogP) is 3.68. The monoisotopic (exact) mass is 407 g/mol. The van der Waals surface area contributed by atoms with Crippen molar-refractivity contribution in [2.75, 3.05) is 26.2 Å². The molecule has 2 aliphatic heterocycles. The number of nitrogens with zero attached hydrogens (tertiary/aromatic N) is 2. The molecule has 0 radical (unpaired) electrons. The van der Waals surface area contributed by atoms with Crippen molar-refractivity contribution in [1.82, 2.24) is 15.1 Å². The van der Waals surface area contributed by atoms with Crippen molar-refractivity contribution >= 4 is 22.6 Å². The summed E-state index contributed by atoms with van der Waals surface area (Å²) in [6.45, 7) is 7.76. The molecule has 0 aliphatic carbocycles. The van der Waals surface area contributed by atoms with Crippen molar-refractivity contribution in [3.8, 4) is 0 Å². The van der Waals surface area contributed by atoms with Gasteiger partial charge in [-0.1, -0.05) is 36.4 Å². The van der Waals surface area contributed by atoms with E-state index in [1.807, 2.05) is 47.4 Å². The number of hydrogen-bond donors (Lipinski definition) is 1. The maximum atomic E-state index is 13.3. The minimum absolute atomic E-state index is 0.0366. The highest BCUT2D eigenvalue weighted by atomic mass is 16.2. The van der Waals surface area contributed by atoms with Crippen molar-refractivity contribution in [2.45, 2.75) is 51.6 Å². The van der Waals surface area contributed by atoms with E-state index in [1.54, 1.807) is 0 Å². The molecule has 160 valence electrons. The summed E-state index contributed by atoms with van der Waals surface area (Å²) < 4.78 is 0. The molecule has 2 aromatic rings. The number of rotatable bonds is 4. The molecule has 2 heterocycles. The highest BCUT2D eigenvalue weighted by Gasteiger charge is 2.31. The number of amides is 2. The van der Waals surface area contributed by atoms with Crippen molar-refractivity contribution in [1.29, 1.82) is 0 Å². The first-order chi connectivity index (χ1) is 14.5. The zero-order valence-corrected chi connectivity index (χ0v) is 18.1. The molecule has 5 nitrogen and oxygen atoms in total. The molecule has 0 bridgehead atoms. The normalized spacial score (nSPS) is 21.2. The van der Waals surface area contributed by atoms with Crippen LogP contribution in [-0.4, -0.2) is 59.9 Å². The number of carbonyl (C=O) groups excluding carboxylic acids is 2. The van der Waals surface area contributed by atoms with E-state index < -0.39 is 0 Å². The second-order valence-electron chi connectivity index (χ2n) is 9.03. The third kappa shape index (κ3) is 4.51. The summed E-state index contributed by atoms with van der Waals surface area (Å²) in [5, 5.41) is 5.33. The molecule has 2 saturated heterocycles. The van der Waals surface area contributed by atoms with Crippen molar-refractivity contribution in [3.05, 3.63) is 48.0 Å². The second-order valence-corrected chi connectivity index (χ2v) is 9.03. The lowest BCUT2D eigenvalue weighted by Gasteiger charge is -2.36. The van der Waals surface area contributed by atoms with Crippen LogP contribution in [0, 0.1) is 5.92 Å². The Bertz CT molecular complexity index is 897. The zero-order chi connectivity index (χ0) is 21.1. The van der Waals surface area contributed by atoms with Crippen LogP contribution in [0.15, 0.2) is 42.5 Å². The zero-order valence-electron chi connectivity index (χ0n) is 18.1. The van der Waals surface area contributed by atoms with Gasteiger partial charge < -0.3 is 15.1 Å². The number of piperidine rings is 2. The Morgan fingerprint density at radius 2 is 1.70 bits per heavy atom. The summed E-state index contributed by atoms with van der Waals surface area (Å²) in [7, 11) is 0. The SMILES string of the molecule is CC(C)N1CCC(NC(=O)C2CCCN(C(=O)c3cccc4ccccc34)C2)CC1. The smallest absolute Gasteiger partial charge is 0.254 e. The molecule has 1 unspecified atom stereocenters. The minimum atomic E-state index is -0.110. The quantitative estimate of drug-likeness (QED) is 0.841. The molecular formula is C25H33N3O2. The van der Waals surface area contributed by atoms with E-state index in [9.17, 15) is 9.59 Å². The first-order valence-electron chi connectivity index (χ1n) is 11.3. The Hall–Kier alpha value is -2.40. The van der Waals surface area contributed by atoms with Crippen molar-refractivity contribution in [3.63, 3.8) is 0 Å². The Kier molecular flexibility index (Phi) is 6.38. The summed E-state index contributed by atoms with van der Waals surface area (Å²) in [5.74, 6) is 0.0452. The first kappa shape index (κ1) is 20.9. The highest BCUT2D eigenvalue weighted by Crippen LogP contribution is 2.24. The highest BCUT2D eigenvalue weighted by molar-refractivity contribution is 6.07. The van der Waals surface area contributed by atoms with E-state index >= 15 is 0 Å². The van der Waals surface area contributed by atoms with E-state index in [-0.39, 0.29) is 23.8 Å². The van der Waals surface area contributed by atoms with Crippen LogP contribution in [0.3, 0.4) is 0 Å². The molecule has 1 N–H and O–H groups in total. The van der Waals surface area contributed by atoms with Gasteiger partial charge in [0.15, 0.2) is 0 Å². The van der Waals surface area contributed by atoms with Crippen LogP contribution in [0.25, 0.3) is 10.8 Å². The fourth-order valence-corrected chi connectivity index (χ4v) is 4.84. The third-order valence-electron chi connectivity index (χ3n) is 6.71. The van der Waals surface area contributed by atoms with Gasteiger partial charge in [0.2, 0.25) is 5.91 Å². The fourth-order valence-electron chi connectivity index (χ4n) is 4.84. The molecule has 30 heavy (non-hydrogen) atoms. The molecule has 1 atom stereocenters. The Labute approximate surface area is 179 Å². The van der Waals surface area contributed by atoms with Crippen LogP contribution in [0.5, 0.6) is 0 Å². The maximum absolute atomic E-state index is 13.3. The minimum Gasteiger partial charge on any atom is -0.353 e. The van der Waals surface area contributed by atoms with Crippen molar-refractivity contribution in [2.24, 2.45) is 5.92 Å².